The summed E-state index contributed by atoms with van der Waals surface area (Å²) in [4.78, 5) is 13.0. The van der Waals surface area contributed by atoms with E-state index in [9.17, 15) is 23.4 Å². The largest absolute Gasteiger partial charge is 0.446 e. The van der Waals surface area contributed by atoms with Gasteiger partial charge < -0.3 is 25.0 Å². The van der Waals surface area contributed by atoms with Crippen LogP contribution in [0.2, 0.25) is 0 Å². The van der Waals surface area contributed by atoms with Crippen molar-refractivity contribution >= 4 is 16.1 Å². The summed E-state index contributed by atoms with van der Waals surface area (Å²) < 4.78 is 39.8. The molecule has 39 heavy (non-hydrogen) atoms. The molecule has 2 aromatic rings. The van der Waals surface area contributed by atoms with Gasteiger partial charge in [0.2, 0.25) is 10.0 Å². The minimum atomic E-state index is -3.94. The highest BCUT2D eigenvalue weighted by Crippen LogP contribution is 2.37. The second-order valence-electron chi connectivity index (χ2n) is 11.0. The SMILES string of the molecule is CC(C)CN(C[C@H](O)C(Cc1ccccc1)NC(=O)O[C@@H]1C[C@@H]2CCO[C@@H]2C1)S(=O)(=O)c1ccc(CO)cc1. The Hall–Kier alpha value is -2.50. The number of aliphatic hydroxyl groups is 2. The van der Waals surface area contributed by atoms with Gasteiger partial charge in [0, 0.05) is 26.1 Å². The van der Waals surface area contributed by atoms with E-state index >= 15 is 0 Å². The van der Waals surface area contributed by atoms with E-state index in [2.05, 4.69) is 5.32 Å². The smallest absolute Gasteiger partial charge is 0.407 e. The van der Waals surface area contributed by atoms with Gasteiger partial charge >= 0.3 is 6.09 Å². The van der Waals surface area contributed by atoms with Crippen LogP contribution in [0.15, 0.2) is 59.5 Å². The van der Waals surface area contributed by atoms with Crippen molar-refractivity contribution in [2.75, 3.05) is 19.7 Å². The number of rotatable bonds is 12. The first kappa shape index (κ1) is 29.5. The van der Waals surface area contributed by atoms with Crippen LogP contribution in [-0.4, -0.2) is 73.1 Å². The number of hydrogen-bond acceptors (Lipinski definition) is 7. The molecule has 2 aliphatic rings. The number of hydrogen-bond donors (Lipinski definition) is 3. The molecule has 0 radical (unpaired) electrons. The summed E-state index contributed by atoms with van der Waals surface area (Å²) in [6, 6.07) is 14.7. The summed E-state index contributed by atoms with van der Waals surface area (Å²) in [6.07, 6.45) is 0.775. The maximum Gasteiger partial charge on any atom is 0.407 e. The molecular formula is C29H40N2O7S. The third-order valence-electron chi connectivity index (χ3n) is 7.45. The van der Waals surface area contributed by atoms with Gasteiger partial charge in [-0.15, -0.1) is 0 Å². The van der Waals surface area contributed by atoms with Crippen molar-refractivity contribution in [2.24, 2.45) is 11.8 Å². The van der Waals surface area contributed by atoms with Crippen LogP contribution in [0, 0.1) is 11.8 Å². The van der Waals surface area contributed by atoms with E-state index < -0.39 is 28.3 Å². The first-order valence-corrected chi connectivity index (χ1v) is 15.1. The van der Waals surface area contributed by atoms with Gasteiger partial charge in [-0.3, -0.25) is 0 Å². The van der Waals surface area contributed by atoms with Crippen molar-refractivity contribution in [3.8, 4) is 0 Å². The maximum atomic E-state index is 13.6. The summed E-state index contributed by atoms with van der Waals surface area (Å²) >= 11 is 0. The number of aliphatic hydroxyl groups excluding tert-OH is 2. The molecule has 2 fully saturated rings. The molecule has 214 valence electrons. The minimum absolute atomic E-state index is 0.00164. The lowest BCUT2D eigenvalue weighted by atomic mass is 10.0. The van der Waals surface area contributed by atoms with Gasteiger partial charge in [0.05, 0.1) is 29.8 Å². The standard InChI is InChI=1S/C29H40N2O7S/c1-20(2)17-31(39(35,36)25-10-8-22(19-32)9-11-25)18-27(33)26(14-21-6-4-3-5-7-21)30-29(34)38-24-15-23-12-13-37-28(23)16-24/h3-11,20,23-24,26-28,32-33H,12-19H2,1-2H3,(H,30,34)/t23-,24+,26?,27-,28+/m0/s1. The molecule has 9 nitrogen and oxygen atoms in total. The fourth-order valence-electron chi connectivity index (χ4n) is 5.43. The predicted octanol–water partition coefficient (Wildman–Crippen LogP) is 3.09. The molecule has 1 unspecified atom stereocenters. The van der Waals surface area contributed by atoms with Gasteiger partial charge in [-0.1, -0.05) is 56.3 Å². The van der Waals surface area contributed by atoms with Crippen molar-refractivity contribution < 1.29 is 32.9 Å². The molecule has 2 aromatic carbocycles. The molecule has 1 saturated carbocycles. The Morgan fingerprint density at radius 2 is 1.79 bits per heavy atom. The average Bonchev–Trinajstić information content (AvgIpc) is 3.50. The number of nitrogens with one attached hydrogen (secondary N) is 1. The van der Waals surface area contributed by atoms with Gasteiger partial charge in [-0.05, 0) is 54.4 Å². The lowest BCUT2D eigenvalue weighted by Crippen LogP contribution is -2.51. The number of nitrogens with zero attached hydrogens (tertiary/aromatic N) is 1. The highest BCUT2D eigenvalue weighted by molar-refractivity contribution is 7.89. The highest BCUT2D eigenvalue weighted by atomic mass is 32.2. The predicted molar refractivity (Wildman–Crippen MR) is 146 cm³/mol. The van der Waals surface area contributed by atoms with E-state index in [4.69, 9.17) is 9.47 Å². The van der Waals surface area contributed by atoms with E-state index in [1.54, 1.807) is 12.1 Å². The van der Waals surface area contributed by atoms with Crippen LogP contribution in [0.4, 0.5) is 4.79 Å². The van der Waals surface area contributed by atoms with Gasteiger partial charge in [0.25, 0.3) is 0 Å². The van der Waals surface area contributed by atoms with E-state index in [0.717, 1.165) is 25.0 Å². The highest BCUT2D eigenvalue weighted by Gasteiger charge is 2.40. The van der Waals surface area contributed by atoms with Crippen LogP contribution < -0.4 is 5.32 Å². The first-order chi connectivity index (χ1) is 18.7. The third kappa shape index (κ3) is 7.79. The second kappa shape index (κ2) is 13.2. The Balaban J connectivity index is 1.49. The van der Waals surface area contributed by atoms with Crippen LogP contribution in [0.25, 0.3) is 0 Å². The molecule has 0 spiro atoms. The van der Waals surface area contributed by atoms with Crippen LogP contribution in [0.3, 0.4) is 0 Å². The van der Waals surface area contributed by atoms with Crippen LogP contribution in [0.1, 0.15) is 44.2 Å². The summed E-state index contributed by atoms with van der Waals surface area (Å²) in [6.45, 7) is 4.35. The Kier molecular flexibility index (Phi) is 10.0. The fraction of sp³-hybridized carbons (Fsp3) is 0.552. The Bertz CT molecular complexity index is 1160. The van der Waals surface area contributed by atoms with Gasteiger partial charge in [0.15, 0.2) is 0 Å². The van der Waals surface area contributed by atoms with Crippen molar-refractivity contribution in [2.45, 2.75) is 75.4 Å². The Labute approximate surface area is 231 Å². The third-order valence-corrected chi connectivity index (χ3v) is 9.30. The second-order valence-corrected chi connectivity index (χ2v) is 12.9. The zero-order chi connectivity index (χ0) is 28.0. The van der Waals surface area contributed by atoms with E-state index in [-0.39, 0.29) is 42.7 Å². The van der Waals surface area contributed by atoms with Crippen molar-refractivity contribution in [1.29, 1.82) is 0 Å². The summed E-state index contributed by atoms with van der Waals surface area (Å²) in [5, 5.41) is 23.5. The molecule has 5 atom stereocenters. The zero-order valence-electron chi connectivity index (χ0n) is 22.6. The molecule has 0 aromatic heterocycles. The number of benzene rings is 2. The molecule has 1 aliphatic carbocycles. The first-order valence-electron chi connectivity index (χ1n) is 13.7. The summed E-state index contributed by atoms with van der Waals surface area (Å²) in [5.41, 5.74) is 1.50. The normalized spacial score (nSPS) is 22.6. The number of ether oxygens (including phenoxy) is 2. The lowest BCUT2D eigenvalue weighted by molar-refractivity contribution is 0.0554. The van der Waals surface area contributed by atoms with E-state index in [1.807, 2.05) is 44.2 Å². The molecule has 4 rings (SSSR count). The number of alkyl carbamates (subject to hydrolysis) is 1. The molecule has 1 saturated heterocycles. The van der Waals surface area contributed by atoms with Gasteiger partial charge in [-0.25, -0.2) is 13.2 Å². The molecule has 0 bridgehead atoms. The molecule has 3 N–H and O–H groups in total. The van der Waals surface area contributed by atoms with Crippen molar-refractivity contribution in [3.63, 3.8) is 0 Å². The number of carbonyl (C=O) groups is 1. The minimum Gasteiger partial charge on any atom is -0.446 e. The number of carbonyl (C=O) groups excluding carboxylic acids is 1. The molecule has 1 amide bonds. The van der Waals surface area contributed by atoms with Crippen molar-refractivity contribution in [3.05, 3.63) is 65.7 Å². The number of fused-ring (bicyclic) bond motifs is 1. The van der Waals surface area contributed by atoms with Crippen molar-refractivity contribution in [1.82, 2.24) is 9.62 Å². The Morgan fingerprint density at radius 1 is 1.08 bits per heavy atom. The summed E-state index contributed by atoms with van der Waals surface area (Å²) in [7, 11) is -3.94. The van der Waals surface area contributed by atoms with Crippen LogP contribution >= 0.6 is 0 Å². The topological polar surface area (TPSA) is 125 Å². The van der Waals surface area contributed by atoms with Crippen LogP contribution in [0.5, 0.6) is 0 Å². The Morgan fingerprint density at radius 3 is 2.44 bits per heavy atom. The molecular weight excluding hydrogens is 520 g/mol. The van der Waals surface area contributed by atoms with E-state index in [0.29, 0.717) is 24.3 Å². The lowest BCUT2D eigenvalue weighted by Gasteiger charge is -2.31. The number of sulfonamides is 1. The average molecular weight is 561 g/mol. The quantitative estimate of drug-likeness (QED) is 0.364. The zero-order valence-corrected chi connectivity index (χ0v) is 23.4. The number of amides is 1. The monoisotopic (exact) mass is 560 g/mol. The van der Waals surface area contributed by atoms with Crippen LogP contribution in [-0.2, 0) is 32.5 Å². The van der Waals surface area contributed by atoms with E-state index in [1.165, 1.54) is 16.4 Å². The maximum absolute atomic E-state index is 13.6. The van der Waals surface area contributed by atoms with Gasteiger partial charge in [-0.2, -0.15) is 4.31 Å². The van der Waals surface area contributed by atoms with Gasteiger partial charge in [0.1, 0.15) is 6.10 Å². The summed E-state index contributed by atoms with van der Waals surface area (Å²) in [5.74, 6) is 0.410. The molecule has 10 heteroatoms. The fourth-order valence-corrected chi connectivity index (χ4v) is 7.05. The molecule has 1 aliphatic heterocycles. The molecule has 1 heterocycles.